The Hall–Kier alpha value is -2.63. The van der Waals surface area contributed by atoms with E-state index in [1.807, 2.05) is 0 Å². The minimum absolute atomic E-state index is 0.0381. The molecule has 0 fully saturated rings. The maximum absolute atomic E-state index is 13.3. The molecular weight excluding hydrogens is 253 g/mol. The predicted octanol–water partition coefficient (Wildman–Crippen LogP) is 3.53. The molecule has 0 aliphatic carbocycles. The van der Waals surface area contributed by atoms with Crippen LogP contribution in [0, 0.1) is 15.9 Å². The van der Waals surface area contributed by atoms with E-state index in [1.54, 1.807) is 24.3 Å². The molecule has 0 aromatic heterocycles. The summed E-state index contributed by atoms with van der Waals surface area (Å²) in [5.41, 5.74) is -0.370. The number of rotatable bonds is 4. The number of methoxy groups -OCH3 is 1. The molecule has 0 N–H and O–H groups in total. The van der Waals surface area contributed by atoms with Gasteiger partial charge in [-0.1, -0.05) is 12.1 Å². The third-order valence-corrected chi connectivity index (χ3v) is 2.36. The Labute approximate surface area is 108 Å². The van der Waals surface area contributed by atoms with Crippen molar-refractivity contribution in [2.45, 2.75) is 0 Å². The van der Waals surface area contributed by atoms with Gasteiger partial charge in [-0.15, -0.1) is 0 Å². The van der Waals surface area contributed by atoms with Crippen molar-refractivity contribution in [2.75, 3.05) is 7.11 Å². The number of halogens is 1. The summed E-state index contributed by atoms with van der Waals surface area (Å²) in [5, 5.41) is 10.6. The second-order valence-corrected chi connectivity index (χ2v) is 3.66. The van der Waals surface area contributed by atoms with E-state index in [4.69, 9.17) is 9.47 Å². The number of non-ortho nitro benzene ring substituents is 1. The highest BCUT2D eigenvalue weighted by atomic mass is 19.1. The monoisotopic (exact) mass is 263 g/mol. The average Bonchev–Trinajstić information content (AvgIpc) is 2.38. The molecule has 6 heteroatoms. The lowest BCUT2D eigenvalue weighted by molar-refractivity contribution is -0.385. The number of nitro groups is 1. The van der Waals surface area contributed by atoms with Crippen LogP contribution in [0.2, 0.25) is 0 Å². The van der Waals surface area contributed by atoms with Gasteiger partial charge >= 0.3 is 0 Å². The van der Waals surface area contributed by atoms with Crippen molar-refractivity contribution in [1.82, 2.24) is 0 Å². The number of ether oxygens (including phenoxy) is 2. The second kappa shape index (κ2) is 5.34. The summed E-state index contributed by atoms with van der Waals surface area (Å²) in [6.45, 7) is 0. The summed E-state index contributed by atoms with van der Waals surface area (Å²) in [6.07, 6.45) is 0. The van der Waals surface area contributed by atoms with Gasteiger partial charge in [0.2, 0.25) is 0 Å². The van der Waals surface area contributed by atoms with E-state index in [0.717, 1.165) is 18.2 Å². The molecule has 2 aromatic rings. The molecule has 0 atom stereocenters. The lowest BCUT2D eigenvalue weighted by Crippen LogP contribution is -1.93. The van der Waals surface area contributed by atoms with Crippen molar-refractivity contribution in [2.24, 2.45) is 0 Å². The number of benzene rings is 2. The standard InChI is InChI=1S/C13H10FNO4/c1-18-12-4-2-3-5-13(12)19-11-7-9(14)6-10(8-11)15(16)17/h2-8H,1H3. The van der Waals surface area contributed by atoms with Gasteiger partial charge in [-0.2, -0.15) is 0 Å². The summed E-state index contributed by atoms with van der Waals surface area (Å²) >= 11 is 0. The van der Waals surface area contributed by atoms with E-state index in [-0.39, 0.29) is 11.4 Å². The van der Waals surface area contributed by atoms with Crippen molar-refractivity contribution < 1.29 is 18.8 Å². The van der Waals surface area contributed by atoms with Gasteiger partial charge in [-0.25, -0.2) is 4.39 Å². The highest BCUT2D eigenvalue weighted by Crippen LogP contribution is 2.32. The molecule has 0 aliphatic heterocycles. The third kappa shape index (κ3) is 2.98. The van der Waals surface area contributed by atoms with Gasteiger partial charge in [0.25, 0.3) is 5.69 Å². The molecule has 5 nitrogen and oxygen atoms in total. The van der Waals surface area contributed by atoms with Gasteiger partial charge in [0.1, 0.15) is 11.6 Å². The molecule has 0 heterocycles. The Kier molecular flexibility index (Phi) is 3.61. The summed E-state index contributed by atoms with van der Waals surface area (Å²) in [7, 11) is 1.47. The molecule has 0 amide bonds. The minimum atomic E-state index is -0.737. The fraction of sp³-hybridized carbons (Fsp3) is 0.0769. The van der Waals surface area contributed by atoms with Crippen LogP contribution in [0.3, 0.4) is 0 Å². The molecule has 2 aromatic carbocycles. The third-order valence-electron chi connectivity index (χ3n) is 2.36. The van der Waals surface area contributed by atoms with E-state index >= 15 is 0 Å². The maximum Gasteiger partial charge on any atom is 0.276 e. The van der Waals surface area contributed by atoms with Gasteiger partial charge in [0, 0.05) is 6.07 Å². The average molecular weight is 263 g/mol. The molecule has 0 bridgehead atoms. The number of nitro benzene ring substituents is 1. The maximum atomic E-state index is 13.3. The van der Waals surface area contributed by atoms with Crippen LogP contribution in [0.4, 0.5) is 10.1 Å². The molecular formula is C13H10FNO4. The molecule has 0 saturated heterocycles. The Morgan fingerprint density at radius 1 is 1.16 bits per heavy atom. The van der Waals surface area contributed by atoms with Crippen LogP contribution in [-0.4, -0.2) is 12.0 Å². The summed E-state index contributed by atoms with van der Waals surface area (Å²) in [5.74, 6) is 0.106. The van der Waals surface area contributed by atoms with Gasteiger partial charge in [-0.3, -0.25) is 10.1 Å². The normalized spacial score (nSPS) is 10.0. The van der Waals surface area contributed by atoms with Crippen LogP contribution >= 0.6 is 0 Å². The van der Waals surface area contributed by atoms with Crippen LogP contribution in [0.1, 0.15) is 0 Å². The first-order chi connectivity index (χ1) is 9.10. The summed E-state index contributed by atoms with van der Waals surface area (Å²) in [6, 6.07) is 9.80. The van der Waals surface area contributed by atoms with Crippen molar-refractivity contribution in [3.8, 4) is 17.2 Å². The van der Waals surface area contributed by atoms with Crippen molar-refractivity contribution >= 4 is 5.69 Å². The van der Waals surface area contributed by atoms with Gasteiger partial charge in [-0.05, 0) is 12.1 Å². The zero-order valence-corrected chi connectivity index (χ0v) is 10.00. The molecule has 0 saturated carbocycles. The highest BCUT2D eigenvalue weighted by molar-refractivity contribution is 5.45. The van der Waals surface area contributed by atoms with Crippen molar-refractivity contribution in [3.63, 3.8) is 0 Å². The van der Waals surface area contributed by atoms with Crippen LogP contribution in [-0.2, 0) is 0 Å². The minimum Gasteiger partial charge on any atom is -0.493 e. The molecule has 0 aliphatic rings. The van der Waals surface area contributed by atoms with Gasteiger partial charge in [0.05, 0.1) is 24.2 Å². The van der Waals surface area contributed by atoms with Gasteiger partial charge in [0.15, 0.2) is 11.5 Å². The zero-order chi connectivity index (χ0) is 13.8. The van der Waals surface area contributed by atoms with Gasteiger partial charge < -0.3 is 9.47 Å². The van der Waals surface area contributed by atoms with Crippen LogP contribution in [0.25, 0.3) is 0 Å². The molecule has 19 heavy (non-hydrogen) atoms. The quantitative estimate of drug-likeness (QED) is 0.625. The molecule has 0 unspecified atom stereocenters. The number of hydrogen-bond acceptors (Lipinski definition) is 4. The summed E-state index contributed by atoms with van der Waals surface area (Å²) in [4.78, 5) is 9.96. The van der Waals surface area contributed by atoms with Crippen molar-refractivity contribution in [3.05, 3.63) is 58.4 Å². The number of nitrogens with zero attached hydrogens (tertiary/aromatic N) is 1. The lowest BCUT2D eigenvalue weighted by Gasteiger charge is -2.09. The highest BCUT2D eigenvalue weighted by Gasteiger charge is 2.12. The first kappa shape index (κ1) is 12.8. The topological polar surface area (TPSA) is 61.6 Å². The molecule has 98 valence electrons. The fourth-order valence-corrected chi connectivity index (χ4v) is 1.54. The van der Waals surface area contributed by atoms with Crippen LogP contribution in [0.15, 0.2) is 42.5 Å². The SMILES string of the molecule is COc1ccccc1Oc1cc(F)cc([N+](=O)[O-])c1. The smallest absolute Gasteiger partial charge is 0.276 e. The second-order valence-electron chi connectivity index (χ2n) is 3.66. The van der Waals surface area contributed by atoms with E-state index in [2.05, 4.69) is 0 Å². The van der Waals surface area contributed by atoms with E-state index < -0.39 is 10.7 Å². The van der Waals surface area contributed by atoms with E-state index in [0.29, 0.717) is 11.5 Å². The zero-order valence-electron chi connectivity index (χ0n) is 10.00. The van der Waals surface area contributed by atoms with Crippen LogP contribution < -0.4 is 9.47 Å². The molecule has 0 spiro atoms. The number of para-hydroxylation sites is 2. The Bertz CT molecular complexity index is 615. The first-order valence-corrected chi connectivity index (χ1v) is 5.36. The fourth-order valence-electron chi connectivity index (χ4n) is 1.54. The molecule has 0 radical (unpaired) electrons. The van der Waals surface area contributed by atoms with Crippen LogP contribution in [0.5, 0.6) is 17.2 Å². The van der Waals surface area contributed by atoms with Crippen molar-refractivity contribution in [1.29, 1.82) is 0 Å². The largest absolute Gasteiger partial charge is 0.493 e. The predicted molar refractivity (Wildman–Crippen MR) is 66.1 cm³/mol. The van der Waals surface area contributed by atoms with E-state index in [9.17, 15) is 14.5 Å². The van der Waals surface area contributed by atoms with E-state index in [1.165, 1.54) is 7.11 Å². The number of hydrogen-bond donors (Lipinski definition) is 0. The summed E-state index contributed by atoms with van der Waals surface area (Å²) < 4.78 is 23.7. The Morgan fingerprint density at radius 2 is 1.84 bits per heavy atom. The Morgan fingerprint density at radius 3 is 2.47 bits per heavy atom. The molecule has 2 rings (SSSR count). The lowest BCUT2D eigenvalue weighted by atomic mass is 10.3. The Balaban J connectivity index is 2.35. The first-order valence-electron chi connectivity index (χ1n) is 5.36.